The van der Waals surface area contributed by atoms with Crippen molar-refractivity contribution >= 4 is 33.5 Å². The van der Waals surface area contributed by atoms with Gasteiger partial charge in [0.2, 0.25) is 5.95 Å². The number of aromatic nitrogens is 3. The van der Waals surface area contributed by atoms with E-state index in [1.165, 1.54) is 5.56 Å². The number of anilines is 2. The fourth-order valence-corrected chi connectivity index (χ4v) is 3.59. The van der Waals surface area contributed by atoms with Crippen molar-refractivity contribution in [3.63, 3.8) is 0 Å². The van der Waals surface area contributed by atoms with Gasteiger partial charge in [-0.05, 0) is 12.0 Å². The molecule has 0 bridgehead atoms. The SMILES string of the molecule is CN(CCc1ccccc1)c1nc(N2CCOCC2)c2ncsc2n1. The van der Waals surface area contributed by atoms with Crippen LogP contribution in [-0.2, 0) is 11.2 Å². The number of likely N-dealkylation sites (N-methyl/N-ethyl adjacent to an activating group) is 1. The molecule has 1 saturated heterocycles. The van der Waals surface area contributed by atoms with E-state index in [4.69, 9.17) is 14.7 Å². The Kier molecular flexibility index (Phi) is 4.76. The third-order valence-electron chi connectivity index (χ3n) is 4.40. The van der Waals surface area contributed by atoms with Crippen LogP contribution in [0.25, 0.3) is 10.3 Å². The maximum absolute atomic E-state index is 5.47. The van der Waals surface area contributed by atoms with E-state index in [-0.39, 0.29) is 0 Å². The highest BCUT2D eigenvalue weighted by Gasteiger charge is 2.20. The molecule has 0 saturated carbocycles. The molecule has 130 valence electrons. The molecule has 0 spiro atoms. The van der Waals surface area contributed by atoms with Crippen LogP contribution in [-0.4, -0.2) is 54.8 Å². The van der Waals surface area contributed by atoms with Crippen molar-refractivity contribution in [3.8, 4) is 0 Å². The van der Waals surface area contributed by atoms with Crippen molar-refractivity contribution in [2.75, 3.05) is 49.7 Å². The Bertz CT molecular complexity index is 832. The highest BCUT2D eigenvalue weighted by molar-refractivity contribution is 7.16. The zero-order chi connectivity index (χ0) is 17.1. The molecule has 0 N–H and O–H groups in total. The second kappa shape index (κ2) is 7.33. The van der Waals surface area contributed by atoms with Crippen LogP contribution in [0.2, 0.25) is 0 Å². The van der Waals surface area contributed by atoms with Gasteiger partial charge in [0.15, 0.2) is 10.6 Å². The highest BCUT2D eigenvalue weighted by Crippen LogP contribution is 2.28. The van der Waals surface area contributed by atoms with Gasteiger partial charge < -0.3 is 14.5 Å². The maximum atomic E-state index is 5.47. The van der Waals surface area contributed by atoms with Crippen LogP contribution in [0, 0.1) is 0 Å². The number of morpholine rings is 1. The molecule has 0 radical (unpaired) electrons. The standard InChI is InChI=1S/C18H21N5OS/c1-22(8-7-14-5-3-2-4-6-14)18-20-16(23-9-11-24-12-10-23)15-17(21-18)25-13-19-15/h2-6,13H,7-12H2,1H3. The quantitative estimate of drug-likeness (QED) is 0.701. The number of ether oxygens (including phenoxy) is 1. The molecular weight excluding hydrogens is 334 g/mol. The lowest BCUT2D eigenvalue weighted by molar-refractivity contribution is 0.122. The van der Waals surface area contributed by atoms with Crippen LogP contribution in [0.3, 0.4) is 0 Å². The van der Waals surface area contributed by atoms with E-state index < -0.39 is 0 Å². The lowest BCUT2D eigenvalue weighted by Gasteiger charge is -2.28. The zero-order valence-electron chi connectivity index (χ0n) is 14.3. The molecule has 3 aromatic rings. The molecule has 1 fully saturated rings. The largest absolute Gasteiger partial charge is 0.378 e. The Balaban J connectivity index is 1.58. The number of nitrogens with zero attached hydrogens (tertiary/aromatic N) is 5. The first kappa shape index (κ1) is 16.2. The molecule has 0 unspecified atom stereocenters. The highest BCUT2D eigenvalue weighted by atomic mass is 32.1. The maximum Gasteiger partial charge on any atom is 0.228 e. The van der Waals surface area contributed by atoms with Crippen molar-refractivity contribution in [3.05, 3.63) is 41.4 Å². The number of benzene rings is 1. The summed E-state index contributed by atoms with van der Waals surface area (Å²) in [6.07, 6.45) is 0.967. The normalized spacial score (nSPS) is 14.8. The number of hydrogen-bond donors (Lipinski definition) is 0. The lowest BCUT2D eigenvalue weighted by Crippen LogP contribution is -2.37. The fourth-order valence-electron chi connectivity index (χ4n) is 2.94. The van der Waals surface area contributed by atoms with E-state index in [1.54, 1.807) is 11.3 Å². The summed E-state index contributed by atoms with van der Waals surface area (Å²) in [6, 6.07) is 10.5. The van der Waals surface area contributed by atoms with Gasteiger partial charge >= 0.3 is 0 Å². The van der Waals surface area contributed by atoms with Gasteiger partial charge in [0.25, 0.3) is 0 Å². The Hall–Kier alpha value is -2.25. The minimum atomic E-state index is 0.731. The summed E-state index contributed by atoms with van der Waals surface area (Å²) in [7, 11) is 2.05. The van der Waals surface area contributed by atoms with E-state index in [9.17, 15) is 0 Å². The van der Waals surface area contributed by atoms with Crippen LogP contribution < -0.4 is 9.80 Å². The van der Waals surface area contributed by atoms with E-state index >= 15 is 0 Å². The van der Waals surface area contributed by atoms with Crippen molar-refractivity contribution < 1.29 is 4.74 Å². The predicted molar refractivity (Wildman–Crippen MR) is 102 cm³/mol. The van der Waals surface area contributed by atoms with Crippen LogP contribution in [0.4, 0.5) is 11.8 Å². The third kappa shape index (κ3) is 3.57. The van der Waals surface area contributed by atoms with E-state index in [2.05, 4.69) is 39.0 Å². The summed E-state index contributed by atoms with van der Waals surface area (Å²) < 4.78 is 5.47. The Labute approximate surface area is 151 Å². The minimum absolute atomic E-state index is 0.731. The van der Waals surface area contributed by atoms with Crippen LogP contribution in [0.5, 0.6) is 0 Å². The van der Waals surface area contributed by atoms with E-state index in [1.807, 2.05) is 18.6 Å². The van der Waals surface area contributed by atoms with Crippen molar-refractivity contribution in [1.82, 2.24) is 15.0 Å². The molecule has 0 aliphatic carbocycles. The number of rotatable bonds is 5. The fraction of sp³-hybridized carbons (Fsp3) is 0.389. The number of fused-ring (bicyclic) bond motifs is 1. The van der Waals surface area contributed by atoms with Gasteiger partial charge in [-0.25, -0.2) is 4.98 Å². The second-order valence-electron chi connectivity index (χ2n) is 6.11. The minimum Gasteiger partial charge on any atom is -0.378 e. The average molecular weight is 355 g/mol. The van der Waals surface area contributed by atoms with E-state index in [0.29, 0.717) is 0 Å². The van der Waals surface area contributed by atoms with Gasteiger partial charge in [-0.1, -0.05) is 30.3 Å². The lowest BCUT2D eigenvalue weighted by atomic mass is 10.1. The zero-order valence-corrected chi connectivity index (χ0v) is 15.1. The molecule has 7 heteroatoms. The molecule has 25 heavy (non-hydrogen) atoms. The smallest absolute Gasteiger partial charge is 0.228 e. The summed E-state index contributed by atoms with van der Waals surface area (Å²) in [5, 5.41) is 0. The number of hydrogen-bond acceptors (Lipinski definition) is 7. The molecule has 1 aliphatic rings. The van der Waals surface area contributed by atoms with Crippen LogP contribution in [0.1, 0.15) is 5.56 Å². The molecule has 6 nitrogen and oxygen atoms in total. The molecule has 3 heterocycles. The predicted octanol–water partition coefficient (Wildman–Crippen LogP) is 2.60. The summed E-state index contributed by atoms with van der Waals surface area (Å²) in [5.41, 5.74) is 4.06. The van der Waals surface area contributed by atoms with Gasteiger partial charge in [-0.15, -0.1) is 11.3 Å². The van der Waals surface area contributed by atoms with Crippen molar-refractivity contribution in [2.24, 2.45) is 0 Å². The van der Waals surface area contributed by atoms with Crippen LogP contribution >= 0.6 is 11.3 Å². The summed E-state index contributed by atoms with van der Waals surface area (Å²) in [5.74, 6) is 1.69. The Morgan fingerprint density at radius 2 is 1.96 bits per heavy atom. The molecule has 0 atom stereocenters. The third-order valence-corrected chi connectivity index (χ3v) is 5.12. The van der Waals surface area contributed by atoms with E-state index in [0.717, 1.165) is 61.4 Å². The monoisotopic (exact) mass is 355 g/mol. The number of thiazole rings is 1. The first-order chi connectivity index (χ1) is 12.3. The molecular formula is C18H21N5OS. The molecule has 2 aromatic heterocycles. The summed E-state index contributed by atoms with van der Waals surface area (Å²) in [4.78, 5) is 19.4. The topological polar surface area (TPSA) is 54.4 Å². The summed E-state index contributed by atoms with van der Waals surface area (Å²) >= 11 is 1.56. The van der Waals surface area contributed by atoms with Gasteiger partial charge in [0.1, 0.15) is 5.52 Å². The van der Waals surface area contributed by atoms with Crippen LogP contribution in [0.15, 0.2) is 35.8 Å². The second-order valence-corrected chi connectivity index (χ2v) is 6.94. The van der Waals surface area contributed by atoms with Gasteiger partial charge in [0.05, 0.1) is 18.7 Å². The molecule has 1 aliphatic heterocycles. The summed E-state index contributed by atoms with van der Waals surface area (Å²) in [6.45, 7) is 4.02. The molecule has 4 rings (SSSR count). The van der Waals surface area contributed by atoms with Gasteiger partial charge in [-0.3, -0.25) is 0 Å². The average Bonchev–Trinajstić information content (AvgIpc) is 3.15. The Morgan fingerprint density at radius 3 is 2.76 bits per heavy atom. The first-order valence-corrected chi connectivity index (χ1v) is 9.38. The first-order valence-electron chi connectivity index (χ1n) is 8.50. The van der Waals surface area contributed by atoms with Gasteiger partial charge in [0, 0.05) is 26.7 Å². The van der Waals surface area contributed by atoms with Gasteiger partial charge in [-0.2, -0.15) is 9.97 Å². The Morgan fingerprint density at radius 1 is 1.16 bits per heavy atom. The molecule has 0 amide bonds. The molecule has 1 aromatic carbocycles. The van der Waals surface area contributed by atoms with Crippen molar-refractivity contribution in [2.45, 2.75) is 6.42 Å². The van der Waals surface area contributed by atoms with Crippen molar-refractivity contribution in [1.29, 1.82) is 0 Å².